The first-order chi connectivity index (χ1) is 21.3. The van der Waals surface area contributed by atoms with Crippen molar-refractivity contribution in [3.05, 3.63) is 113 Å². The largest absolute Gasteiger partial charge is 0.439 e. The van der Waals surface area contributed by atoms with Crippen LogP contribution in [-0.4, -0.2) is 51.3 Å². The molecule has 1 aliphatic rings. The number of hydrogen-bond acceptors (Lipinski definition) is 7. The number of nitrogens with zero attached hydrogens (tertiary/aromatic N) is 3. The minimum absolute atomic E-state index is 0.0629. The Balaban J connectivity index is 1.11. The summed E-state index contributed by atoms with van der Waals surface area (Å²) >= 11 is 0. The highest BCUT2D eigenvalue weighted by Gasteiger charge is 2.28. The summed E-state index contributed by atoms with van der Waals surface area (Å²) in [6, 6.07) is 19.0. The molecule has 0 unspecified atom stereocenters. The van der Waals surface area contributed by atoms with Crippen LogP contribution in [0.25, 0.3) is 0 Å². The number of aromatic nitrogens is 2. The van der Waals surface area contributed by atoms with Crippen molar-refractivity contribution in [1.82, 2.24) is 14.9 Å². The zero-order chi connectivity index (χ0) is 31.1. The molecule has 0 spiro atoms. The van der Waals surface area contributed by atoms with Gasteiger partial charge in [-0.3, -0.25) is 19.4 Å². The SMILES string of the molecule is CCCC(=N)c1ccc(C(=O)C2CCN(C(=O)c3ccc(C(=O)Nc4ccc(Oc5ccc(F)cc5)nc4)nc3)CC2)cc1. The molecular formula is C34H32FN5O4. The van der Waals surface area contributed by atoms with Gasteiger partial charge in [0.2, 0.25) is 5.88 Å². The molecule has 4 aromatic rings. The van der Waals surface area contributed by atoms with E-state index in [1.807, 2.05) is 19.1 Å². The second-order valence-electron chi connectivity index (χ2n) is 10.6. The van der Waals surface area contributed by atoms with Crippen molar-refractivity contribution in [2.45, 2.75) is 32.6 Å². The number of carbonyl (C=O) groups is 3. The molecular weight excluding hydrogens is 561 g/mol. The minimum Gasteiger partial charge on any atom is -0.439 e. The number of pyridine rings is 2. The van der Waals surface area contributed by atoms with Crippen molar-refractivity contribution >= 4 is 29.0 Å². The monoisotopic (exact) mass is 593 g/mol. The molecule has 1 saturated heterocycles. The van der Waals surface area contributed by atoms with Crippen LogP contribution in [0.3, 0.4) is 0 Å². The van der Waals surface area contributed by atoms with Gasteiger partial charge in [0.05, 0.1) is 17.4 Å². The number of rotatable bonds is 10. The van der Waals surface area contributed by atoms with E-state index in [1.54, 1.807) is 35.2 Å². The van der Waals surface area contributed by atoms with Crippen molar-refractivity contribution in [3.63, 3.8) is 0 Å². The third-order valence-corrected chi connectivity index (χ3v) is 7.44. The smallest absolute Gasteiger partial charge is 0.274 e. The molecule has 2 amide bonds. The predicted octanol–water partition coefficient (Wildman–Crippen LogP) is 6.56. The van der Waals surface area contributed by atoms with Crippen molar-refractivity contribution in [2.75, 3.05) is 18.4 Å². The molecule has 2 N–H and O–H groups in total. The molecule has 1 aliphatic heterocycles. The van der Waals surface area contributed by atoms with Gasteiger partial charge in [0.25, 0.3) is 11.8 Å². The van der Waals surface area contributed by atoms with E-state index in [9.17, 15) is 18.8 Å². The zero-order valence-electron chi connectivity index (χ0n) is 24.3. The summed E-state index contributed by atoms with van der Waals surface area (Å²) in [7, 11) is 0. The Labute approximate surface area is 254 Å². The van der Waals surface area contributed by atoms with Crippen LogP contribution in [0.5, 0.6) is 11.6 Å². The molecule has 3 heterocycles. The van der Waals surface area contributed by atoms with Gasteiger partial charge < -0.3 is 20.4 Å². The standard InChI is InChI=1S/C34H32FN5O4/c1-2-3-29(36)22-4-6-23(7-5-22)32(41)24-16-18-40(19-17-24)34(43)25-8-14-30(37-20-25)33(42)39-27-11-15-31(38-21-27)44-28-12-9-26(35)10-13-28/h4-15,20-21,24,36H,2-3,16-19H2,1H3,(H,39,42). The maximum atomic E-state index is 13.1. The van der Waals surface area contributed by atoms with Crippen molar-refractivity contribution in [2.24, 2.45) is 5.92 Å². The molecule has 0 saturated carbocycles. The number of Topliss-reactive ketones (excluding diaryl/α,β-unsaturated/α-hetero) is 1. The van der Waals surface area contributed by atoms with Gasteiger partial charge in [0.1, 0.15) is 17.3 Å². The number of nitrogens with one attached hydrogen (secondary N) is 2. The summed E-state index contributed by atoms with van der Waals surface area (Å²) in [5.74, 6) is -0.425. The molecule has 0 aliphatic carbocycles. The maximum absolute atomic E-state index is 13.1. The van der Waals surface area contributed by atoms with Gasteiger partial charge in [-0.1, -0.05) is 37.6 Å². The van der Waals surface area contributed by atoms with Crippen LogP contribution in [0.2, 0.25) is 0 Å². The Bertz CT molecular complexity index is 1630. The molecule has 0 atom stereocenters. The van der Waals surface area contributed by atoms with E-state index in [1.165, 1.54) is 42.7 Å². The van der Waals surface area contributed by atoms with Gasteiger partial charge >= 0.3 is 0 Å². The average Bonchev–Trinajstić information content (AvgIpc) is 3.06. The first-order valence-corrected chi connectivity index (χ1v) is 14.5. The fraction of sp³-hybridized carbons (Fsp3) is 0.235. The lowest BCUT2D eigenvalue weighted by Gasteiger charge is -2.31. The van der Waals surface area contributed by atoms with E-state index < -0.39 is 5.91 Å². The molecule has 9 nitrogen and oxygen atoms in total. The zero-order valence-corrected chi connectivity index (χ0v) is 24.3. The molecule has 224 valence electrons. The van der Waals surface area contributed by atoms with E-state index >= 15 is 0 Å². The second-order valence-corrected chi connectivity index (χ2v) is 10.6. The molecule has 2 aromatic heterocycles. The number of anilines is 1. The highest BCUT2D eigenvalue weighted by molar-refractivity contribution is 6.04. The molecule has 10 heteroatoms. The topological polar surface area (TPSA) is 125 Å². The molecule has 1 fully saturated rings. The molecule has 2 aromatic carbocycles. The van der Waals surface area contributed by atoms with Crippen LogP contribution in [-0.2, 0) is 0 Å². The van der Waals surface area contributed by atoms with E-state index in [0.717, 1.165) is 12.0 Å². The number of ketones is 1. The number of likely N-dealkylation sites (tertiary alicyclic amines) is 1. The van der Waals surface area contributed by atoms with Crippen LogP contribution in [0.4, 0.5) is 10.1 Å². The Morgan fingerprint density at radius 1 is 0.886 bits per heavy atom. The first kappa shape index (κ1) is 30.2. The second kappa shape index (κ2) is 13.8. The number of hydrogen-bond donors (Lipinski definition) is 2. The number of halogens is 1. The van der Waals surface area contributed by atoms with Crippen molar-refractivity contribution in [3.8, 4) is 11.6 Å². The maximum Gasteiger partial charge on any atom is 0.274 e. The minimum atomic E-state index is -0.465. The highest BCUT2D eigenvalue weighted by atomic mass is 19.1. The molecule has 44 heavy (non-hydrogen) atoms. The van der Waals surface area contributed by atoms with Crippen molar-refractivity contribution < 1.29 is 23.5 Å². The van der Waals surface area contributed by atoms with E-state index in [0.29, 0.717) is 60.6 Å². The summed E-state index contributed by atoms with van der Waals surface area (Å²) in [4.78, 5) is 48.9. The number of piperidine rings is 1. The Morgan fingerprint density at radius 2 is 1.57 bits per heavy atom. The Kier molecular flexibility index (Phi) is 9.49. The summed E-state index contributed by atoms with van der Waals surface area (Å²) in [5, 5.41) is 10.8. The molecule has 0 bridgehead atoms. The van der Waals surface area contributed by atoms with E-state index in [2.05, 4.69) is 15.3 Å². The summed E-state index contributed by atoms with van der Waals surface area (Å²) in [6.45, 7) is 2.93. The fourth-order valence-electron chi connectivity index (χ4n) is 4.98. The Hall–Kier alpha value is -5.25. The first-order valence-electron chi connectivity index (χ1n) is 14.5. The van der Waals surface area contributed by atoms with Gasteiger partial charge in [-0.15, -0.1) is 0 Å². The summed E-state index contributed by atoms with van der Waals surface area (Å²) < 4.78 is 18.6. The van der Waals surface area contributed by atoms with Gasteiger partial charge in [-0.25, -0.2) is 9.37 Å². The number of ether oxygens (including phenoxy) is 1. The third kappa shape index (κ3) is 7.38. The van der Waals surface area contributed by atoms with Gasteiger partial charge in [-0.05, 0) is 67.3 Å². The Morgan fingerprint density at radius 3 is 2.18 bits per heavy atom. The lowest BCUT2D eigenvalue weighted by atomic mass is 9.88. The van der Waals surface area contributed by atoms with E-state index in [-0.39, 0.29) is 35.0 Å². The van der Waals surface area contributed by atoms with Crippen LogP contribution < -0.4 is 10.1 Å². The fourth-order valence-corrected chi connectivity index (χ4v) is 4.98. The quantitative estimate of drug-likeness (QED) is 0.158. The van der Waals surface area contributed by atoms with Crippen molar-refractivity contribution in [1.29, 1.82) is 5.41 Å². The average molecular weight is 594 g/mol. The van der Waals surface area contributed by atoms with Crippen LogP contribution in [0.1, 0.15) is 69.4 Å². The number of benzene rings is 2. The highest BCUT2D eigenvalue weighted by Crippen LogP contribution is 2.24. The summed E-state index contributed by atoms with van der Waals surface area (Å²) in [5.41, 5.74) is 2.95. The van der Waals surface area contributed by atoms with Crippen LogP contribution in [0, 0.1) is 17.1 Å². The van der Waals surface area contributed by atoms with Gasteiger partial charge in [-0.2, -0.15) is 0 Å². The van der Waals surface area contributed by atoms with Gasteiger partial charge in [0, 0.05) is 42.5 Å². The van der Waals surface area contributed by atoms with Crippen LogP contribution >= 0.6 is 0 Å². The van der Waals surface area contributed by atoms with Crippen LogP contribution in [0.15, 0.2) is 85.2 Å². The van der Waals surface area contributed by atoms with E-state index in [4.69, 9.17) is 10.1 Å². The summed E-state index contributed by atoms with van der Waals surface area (Å²) in [6.07, 6.45) is 5.54. The lowest BCUT2D eigenvalue weighted by Crippen LogP contribution is -2.40. The number of amides is 2. The normalized spacial score (nSPS) is 13.3. The third-order valence-electron chi connectivity index (χ3n) is 7.44. The molecule has 0 radical (unpaired) electrons. The number of carbonyl (C=O) groups excluding carboxylic acids is 3. The lowest BCUT2D eigenvalue weighted by molar-refractivity contribution is 0.0650. The molecule has 5 rings (SSSR count). The predicted molar refractivity (Wildman–Crippen MR) is 164 cm³/mol. The van der Waals surface area contributed by atoms with Gasteiger partial charge in [0.15, 0.2) is 5.78 Å².